The van der Waals surface area contributed by atoms with Crippen LogP contribution in [0, 0.1) is 24.1 Å². The highest BCUT2D eigenvalue weighted by Crippen LogP contribution is 2.39. The van der Waals surface area contributed by atoms with Gasteiger partial charge in [0.1, 0.15) is 28.7 Å². The summed E-state index contributed by atoms with van der Waals surface area (Å²) in [6.07, 6.45) is 1.82. The van der Waals surface area contributed by atoms with Gasteiger partial charge < -0.3 is 4.42 Å². The monoisotopic (exact) mass is 327 g/mol. The lowest BCUT2D eigenvalue weighted by Crippen LogP contribution is -2.43. The Bertz CT molecular complexity index is 905. The molecule has 2 saturated heterocycles. The molecular weight excluding hydrogens is 313 g/mol. The maximum absolute atomic E-state index is 14.7. The van der Waals surface area contributed by atoms with Gasteiger partial charge in [0, 0.05) is 20.0 Å². The van der Waals surface area contributed by atoms with Crippen LogP contribution in [0.2, 0.25) is 0 Å². The molecule has 7 nitrogen and oxygen atoms in total. The number of hydrazine groups is 1. The highest BCUT2D eigenvalue weighted by atomic mass is 19.1. The lowest BCUT2D eigenvalue weighted by atomic mass is 10.1. The Kier molecular flexibility index (Phi) is 3.00. The van der Waals surface area contributed by atoms with Crippen molar-refractivity contribution in [2.75, 3.05) is 18.0 Å². The molecule has 1 aromatic heterocycles. The molecule has 2 amide bonds. The van der Waals surface area contributed by atoms with Crippen LogP contribution >= 0.6 is 0 Å². The van der Waals surface area contributed by atoms with Gasteiger partial charge in [0.15, 0.2) is 17.3 Å². The summed E-state index contributed by atoms with van der Waals surface area (Å²) >= 11 is 0. The molecule has 0 spiro atoms. The third-order valence-corrected chi connectivity index (χ3v) is 4.29. The fraction of sp³-hybridized carbons (Fsp3) is 0.312. The minimum atomic E-state index is -0.706. The molecule has 0 bridgehead atoms. The van der Waals surface area contributed by atoms with Crippen molar-refractivity contribution in [2.45, 2.75) is 19.8 Å². The Morgan fingerprint density at radius 1 is 1.38 bits per heavy atom. The summed E-state index contributed by atoms with van der Waals surface area (Å²) in [7, 11) is 0. The number of amides is 2. The number of aryl methyl sites for hydroxylation is 1. The quantitative estimate of drug-likeness (QED) is 0.805. The van der Waals surface area contributed by atoms with Crippen molar-refractivity contribution in [2.24, 2.45) is 0 Å². The van der Waals surface area contributed by atoms with Gasteiger partial charge in [-0.25, -0.2) is 24.1 Å². The smallest absolute Gasteiger partial charge is 0.349 e. The van der Waals surface area contributed by atoms with Crippen LogP contribution in [0.25, 0.3) is 11.1 Å². The maximum atomic E-state index is 14.7. The first-order valence-corrected chi connectivity index (χ1v) is 7.60. The average molecular weight is 327 g/mol. The minimum absolute atomic E-state index is 0.0229. The lowest BCUT2D eigenvalue weighted by molar-refractivity contribution is 0.0500. The topological polar surface area (TPSA) is 76.6 Å². The zero-order valence-electron chi connectivity index (χ0n) is 13.0. The Morgan fingerprint density at radius 2 is 2.08 bits per heavy atom. The van der Waals surface area contributed by atoms with E-state index in [9.17, 15) is 14.4 Å². The van der Waals surface area contributed by atoms with Crippen molar-refractivity contribution in [3.05, 3.63) is 35.7 Å². The number of nitriles is 1. The molecule has 122 valence electrons. The summed E-state index contributed by atoms with van der Waals surface area (Å²) < 4.78 is 20.2. The van der Waals surface area contributed by atoms with Crippen LogP contribution in [0.15, 0.2) is 22.9 Å². The third-order valence-electron chi connectivity index (χ3n) is 4.29. The molecule has 24 heavy (non-hydrogen) atoms. The number of oxazole rings is 1. The molecule has 2 fully saturated rings. The number of urea groups is 1. The van der Waals surface area contributed by atoms with Gasteiger partial charge in [-0.2, -0.15) is 5.26 Å². The number of carbonyl (C=O) groups excluding carboxylic acids is 1. The lowest BCUT2D eigenvalue weighted by Gasteiger charge is -2.32. The van der Waals surface area contributed by atoms with Gasteiger partial charge >= 0.3 is 6.03 Å². The van der Waals surface area contributed by atoms with Gasteiger partial charge in [-0.1, -0.05) is 6.58 Å². The predicted molar refractivity (Wildman–Crippen MR) is 83.1 cm³/mol. The number of fused-ring (bicyclic) bond motifs is 2. The second-order valence-corrected chi connectivity index (χ2v) is 5.76. The molecule has 0 radical (unpaired) electrons. The summed E-state index contributed by atoms with van der Waals surface area (Å²) in [4.78, 5) is 18.2. The zero-order chi connectivity index (χ0) is 17.0. The first-order valence-electron chi connectivity index (χ1n) is 7.60. The van der Waals surface area contributed by atoms with Gasteiger partial charge in [-0.05, 0) is 18.9 Å². The van der Waals surface area contributed by atoms with E-state index in [1.54, 1.807) is 16.9 Å². The number of anilines is 1. The van der Waals surface area contributed by atoms with E-state index in [4.69, 9.17) is 4.42 Å². The first-order chi connectivity index (χ1) is 11.5. The molecule has 2 aliphatic rings. The molecule has 0 aliphatic carbocycles. The van der Waals surface area contributed by atoms with Crippen LogP contribution in [-0.2, 0) is 0 Å². The Labute approximate surface area is 137 Å². The number of hydrogen-bond acceptors (Lipinski definition) is 5. The van der Waals surface area contributed by atoms with Crippen LogP contribution < -0.4 is 4.90 Å². The van der Waals surface area contributed by atoms with E-state index in [0.29, 0.717) is 24.8 Å². The molecule has 2 aromatic rings. The molecule has 3 heterocycles. The largest absolute Gasteiger partial charge is 0.440 e. The minimum Gasteiger partial charge on any atom is -0.440 e. The van der Waals surface area contributed by atoms with E-state index in [1.165, 1.54) is 4.90 Å². The molecule has 0 atom stereocenters. The fourth-order valence-corrected chi connectivity index (χ4v) is 3.24. The average Bonchev–Trinajstić information content (AvgIpc) is 3.07. The van der Waals surface area contributed by atoms with Gasteiger partial charge in [-0.15, -0.1) is 0 Å². The predicted octanol–water partition coefficient (Wildman–Crippen LogP) is 2.87. The van der Waals surface area contributed by atoms with E-state index in [2.05, 4.69) is 11.6 Å². The highest BCUT2D eigenvalue weighted by molar-refractivity contribution is 6.05. The van der Waals surface area contributed by atoms with E-state index in [0.717, 1.165) is 18.9 Å². The Balaban J connectivity index is 1.94. The second-order valence-electron chi connectivity index (χ2n) is 5.76. The van der Waals surface area contributed by atoms with Gasteiger partial charge in [0.05, 0.1) is 0 Å². The van der Waals surface area contributed by atoms with Crippen LogP contribution in [0.1, 0.15) is 24.3 Å². The molecular formula is C16H14FN5O2. The van der Waals surface area contributed by atoms with Crippen molar-refractivity contribution in [3.63, 3.8) is 0 Å². The number of benzene rings is 1. The van der Waals surface area contributed by atoms with Gasteiger partial charge in [-0.3, -0.25) is 5.01 Å². The normalized spacial score (nSPS) is 17.6. The zero-order valence-corrected chi connectivity index (χ0v) is 13.0. The fourth-order valence-electron chi connectivity index (χ4n) is 3.24. The summed E-state index contributed by atoms with van der Waals surface area (Å²) in [6, 6.07) is 2.59. The summed E-state index contributed by atoms with van der Waals surface area (Å²) in [5.41, 5.74) is 0.346. The van der Waals surface area contributed by atoms with Crippen molar-refractivity contribution in [1.82, 2.24) is 15.0 Å². The van der Waals surface area contributed by atoms with E-state index < -0.39 is 5.82 Å². The molecule has 2 aliphatic heterocycles. The number of nitrogens with zero attached hydrogens (tertiary/aromatic N) is 5. The van der Waals surface area contributed by atoms with Crippen molar-refractivity contribution in [3.8, 4) is 6.07 Å². The number of hydrogen-bond donors (Lipinski definition) is 0. The number of halogens is 1. The molecule has 0 unspecified atom stereocenters. The SMILES string of the molecule is C=C1N(c2c(F)cc(C#N)c3oc(C)nc23)C(=O)N2CCCCN12. The Hall–Kier alpha value is -3.08. The van der Waals surface area contributed by atoms with E-state index in [-0.39, 0.29) is 28.4 Å². The Morgan fingerprint density at radius 3 is 2.75 bits per heavy atom. The number of carbonyl (C=O) groups is 1. The van der Waals surface area contributed by atoms with Crippen molar-refractivity contribution in [1.29, 1.82) is 5.26 Å². The van der Waals surface area contributed by atoms with Crippen LogP contribution in [0.4, 0.5) is 14.9 Å². The summed E-state index contributed by atoms with van der Waals surface area (Å²) in [6.45, 7) is 6.77. The van der Waals surface area contributed by atoms with Crippen molar-refractivity contribution < 1.29 is 13.6 Å². The van der Waals surface area contributed by atoms with Crippen molar-refractivity contribution >= 4 is 22.8 Å². The molecule has 0 N–H and O–H groups in total. The molecule has 0 saturated carbocycles. The number of rotatable bonds is 1. The summed E-state index contributed by atoms with van der Waals surface area (Å²) in [5, 5.41) is 12.5. The molecule has 8 heteroatoms. The second kappa shape index (κ2) is 4.96. The van der Waals surface area contributed by atoms with E-state index >= 15 is 0 Å². The highest BCUT2D eigenvalue weighted by Gasteiger charge is 2.43. The van der Waals surface area contributed by atoms with Gasteiger partial charge in [0.2, 0.25) is 0 Å². The van der Waals surface area contributed by atoms with Gasteiger partial charge in [0.25, 0.3) is 0 Å². The van der Waals surface area contributed by atoms with Crippen LogP contribution in [0.3, 0.4) is 0 Å². The van der Waals surface area contributed by atoms with Crippen LogP contribution in [-0.4, -0.2) is 34.1 Å². The standard InChI is InChI=1S/C16H14FN5O2/c1-9-19-13-14(12(17)7-11(8-18)15(13)24-9)22-10(2)20-5-3-4-6-21(20)16(22)23/h7H,2-6H2,1H3. The summed E-state index contributed by atoms with van der Waals surface area (Å²) in [5.74, 6) is -0.0307. The third kappa shape index (κ3) is 1.81. The molecule has 4 rings (SSSR count). The van der Waals surface area contributed by atoms with Crippen LogP contribution in [0.5, 0.6) is 0 Å². The molecule has 1 aromatic carbocycles. The first kappa shape index (κ1) is 14.5. The van der Waals surface area contributed by atoms with E-state index in [1.807, 2.05) is 6.07 Å². The number of aromatic nitrogens is 1. The maximum Gasteiger partial charge on any atom is 0.349 e.